The maximum Gasteiger partial charge on any atom is 0.471 e. The number of halogens is 3. The lowest BCUT2D eigenvalue weighted by molar-refractivity contribution is -0.170. The molecule has 0 saturated carbocycles. The molecule has 0 radical (unpaired) electrons. The lowest BCUT2D eigenvalue weighted by atomic mass is 10.4. The molecule has 4 nitrogen and oxygen atoms in total. The number of H-pyrrole nitrogens is 1. The molecule has 0 aliphatic heterocycles. The molecule has 1 amide bonds. The largest absolute Gasteiger partial charge is 0.471 e. The molecule has 1 rings (SSSR count). The van der Waals surface area contributed by atoms with Gasteiger partial charge in [-0.3, -0.25) is 9.89 Å². The van der Waals surface area contributed by atoms with Gasteiger partial charge in [-0.15, -0.1) is 0 Å². The van der Waals surface area contributed by atoms with E-state index in [1.807, 2.05) is 0 Å². The molecule has 0 fully saturated rings. The van der Waals surface area contributed by atoms with Crippen LogP contribution in [-0.4, -0.2) is 29.3 Å². The third-order valence-electron chi connectivity index (χ3n) is 1.42. The molecule has 1 heterocycles. The molecule has 7 heteroatoms. The minimum absolute atomic E-state index is 0.0716. The molecule has 1 N–H and O–H groups in total. The third kappa shape index (κ3) is 1.98. The average molecular weight is 193 g/mol. The van der Waals surface area contributed by atoms with Crippen molar-refractivity contribution in [2.75, 3.05) is 11.9 Å². The molecule has 1 aromatic heterocycles. The Morgan fingerprint density at radius 2 is 2.23 bits per heavy atom. The van der Waals surface area contributed by atoms with Crippen LogP contribution in [0.15, 0.2) is 12.4 Å². The van der Waals surface area contributed by atoms with Crippen LogP contribution >= 0.6 is 0 Å². The molecule has 0 spiro atoms. The summed E-state index contributed by atoms with van der Waals surface area (Å²) in [5.41, 5.74) is 0.0716. The molecular formula is C6H6F3N3O. The Morgan fingerprint density at radius 3 is 2.62 bits per heavy atom. The van der Waals surface area contributed by atoms with E-state index < -0.39 is 12.1 Å². The predicted octanol–water partition coefficient (Wildman–Crippen LogP) is 0.935. The van der Waals surface area contributed by atoms with Crippen LogP contribution in [0, 0.1) is 0 Å². The second-order valence-electron chi connectivity index (χ2n) is 2.32. The lowest BCUT2D eigenvalue weighted by Gasteiger charge is -2.15. The summed E-state index contributed by atoms with van der Waals surface area (Å²) in [4.78, 5) is 11.1. The Bertz CT molecular complexity index is 293. The van der Waals surface area contributed by atoms with E-state index in [1.165, 1.54) is 6.20 Å². The van der Waals surface area contributed by atoms with Crippen LogP contribution in [0.5, 0.6) is 0 Å². The predicted molar refractivity (Wildman–Crippen MR) is 38.1 cm³/mol. The van der Waals surface area contributed by atoms with Gasteiger partial charge in [-0.25, -0.2) is 0 Å². The van der Waals surface area contributed by atoms with E-state index in [2.05, 4.69) is 10.2 Å². The number of hydrogen-bond acceptors (Lipinski definition) is 2. The number of carbonyl (C=O) groups excluding carboxylic acids is 1. The van der Waals surface area contributed by atoms with Crippen molar-refractivity contribution >= 4 is 11.6 Å². The van der Waals surface area contributed by atoms with Gasteiger partial charge >= 0.3 is 12.1 Å². The summed E-state index contributed by atoms with van der Waals surface area (Å²) < 4.78 is 35.6. The lowest BCUT2D eigenvalue weighted by Crippen LogP contribution is -2.38. The summed E-state index contributed by atoms with van der Waals surface area (Å²) >= 11 is 0. The normalized spacial score (nSPS) is 11.4. The number of hydrogen-bond donors (Lipinski definition) is 1. The summed E-state index contributed by atoms with van der Waals surface area (Å²) in [5.74, 6) is -1.92. The highest BCUT2D eigenvalue weighted by molar-refractivity contribution is 5.96. The van der Waals surface area contributed by atoms with Crippen LogP contribution in [0.4, 0.5) is 18.9 Å². The number of rotatable bonds is 1. The molecular weight excluding hydrogens is 187 g/mol. The minimum atomic E-state index is -4.86. The molecule has 0 bridgehead atoms. The number of carbonyl (C=O) groups is 1. The molecule has 0 aromatic carbocycles. The van der Waals surface area contributed by atoms with Gasteiger partial charge in [0.05, 0.1) is 11.9 Å². The average Bonchev–Trinajstić information content (AvgIpc) is 2.51. The first kappa shape index (κ1) is 9.56. The second kappa shape index (κ2) is 3.08. The highest BCUT2D eigenvalue weighted by Crippen LogP contribution is 2.21. The van der Waals surface area contributed by atoms with Gasteiger partial charge in [0.2, 0.25) is 0 Å². The number of nitrogens with one attached hydrogen (secondary N) is 1. The van der Waals surface area contributed by atoms with Gasteiger partial charge in [-0.05, 0) is 0 Å². The Morgan fingerprint density at radius 1 is 1.62 bits per heavy atom. The number of aromatic amines is 1. The molecule has 0 unspecified atom stereocenters. The van der Waals surface area contributed by atoms with E-state index >= 15 is 0 Å². The van der Waals surface area contributed by atoms with E-state index in [-0.39, 0.29) is 5.69 Å². The van der Waals surface area contributed by atoms with Crippen molar-refractivity contribution in [3.05, 3.63) is 12.4 Å². The highest BCUT2D eigenvalue weighted by Gasteiger charge is 2.41. The molecule has 0 atom stereocenters. The van der Waals surface area contributed by atoms with Crippen LogP contribution in [0.2, 0.25) is 0 Å². The fourth-order valence-corrected chi connectivity index (χ4v) is 0.735. The van der Waals surface area contributed by atoms with Crippen LogP contribution in [0.1, 0.15) is 0 Å². The zero-order valence-electron chi connectivity index (χ0n) is 6.59. The number of alkyl halides is 3. The Labute approximate surface area is 71.3 Å². The second-order valence-corrected chi connectivity index (χ2v) is 2.32. The van der Waals surface area contributed by atoms with Crippen molar-refractivity contribution in [2.24, 2.45) is 0 Å². The zero-order valence-corrected chi connectivity index (χ0v) is 6.59. The first-order chi connectivity index (χ1) is 5.93. The zero-order chi connectivity index (χ0) is 10.1. The quantitative estimate of drug-likeness (QED) is 0.721. The summed E-state index contributed by atoms with van der Waals surface area (Å²) in [6.07, 6.45) is -2.53. The van der Waals surface area contributed by atoms with Crippen molar-refractivity contribution < 1.29 is 18.0 Å². The highest BCUT2D eigenvalue weighted by atomic mass is 19.4. The summed E-state index contributed by atoms with van der Waals surface area (Å²) in [6.45, 7) is 0. The molecule has 72 valence electrons. The summed E-state index contributed by atoms with van der Waals surface area (Å²) in [5, 5.41) is 5.73. The standard InChI is InChI=1S/C6H6F3N3O/c1-12(4-2-10-11-3-4)5(13)6(7,8)9/h2-3H,1H3,(H,10,11). The van der Waals surface area contributed by atoms with Crippen molar-refractivity contribution in [3.8, 4) is 0 Å². The topological polar surface area (TPSA) is 49.0 Å². The summed E-state index contributed by atoms with van der Waals surface area (Å²) in [6, 6.07) is 0. The smallest absolute Gasteiger partial charge is 0.305 e. The fourth-order valence-electron chi connectivity index (χ4n) is 0.735. The van der Waals surface area contributed by atoms with E-state index in [0.717, 1.165) is 13.2 Å². The SMILES string of the molecule is CN(C(=O)C(F)(F)F)c1cn[nH]c1. The molecule has 13 heavy (non-hydrogen) atoms. The Balaban J connectivity index is 2.81. The van der Waals surface area contributed by atoms with Gasteiger partial charge in [0, 0.05) is 13.2 Å². The van der Waals surface area contributed by atoms with E-state index in [9.17, 15) is 18.0 Å². The Kier molecular flexibility index (Phi) is 2.26. The van der Waals surface area contributed by atoms with Crippen molar-refractivity contribution in [1.29, 1.82) is 0 Å². The molecule has 0 saturated heterocycles. The molecule has 0 aliphatic carbocycles. The van der Waals surface area contributed by atoms with E-state index in [0.29, 0.717) is 4.90 Å². The van der Waals surface area contributed by atoms with Gasteiger partial charge in [0.15, 0.2) is 0 Å². The van der Waals surface area contributed by atoms with Crippen LogP contribution in [0.25, 0.3) is 0 Å². The van der Waals surface area contributed by atoms with Crippen LogP contribution in [0.3, 0.4) is 0 Å². The van der Waals surface area contributed by atoms with Crippen LogP contribution < -0.4 is 4.90 Å². The number of amides is 1. The van der Waals surface area contributed by atoms with Gasteiger partial charge in [0.25, 0.3) is 0 Å². The van der Waals surface area contributed by atoms with Crippen LogP contribution in [-0.2, 0) is 4.79 Å². The monoisotopic (exact) mass is 193 g/mol. The maximum absolute atomic E-state index is 11.9. The fraction of sp³-hybridized carbons (Fsp3) is 0.333. The van der Waals surface area contributed by atoms with Crippen molar-refractivity contribution in [2.45, 2.75) is 6.18 Å². The minimum Gasteiger partial charge on any atom is -0.305 e. The number of anilines is 1. The summed E-state index contributed by atoms with van der Waals surface area (Å²) in [7, 11) is 1.03. The van der Waals surface area contributed by atoms with E-state index in [1.54, 1.807) is 0 Å². The van der Waals surface area contributed by atoms with Gasteiger partial charge in [0.1, 0.15) is 0 Å². The van der Waals surface area contributed by atoms with E-state index in [4.69, 9.17) is 0 Å². The Hall–Kier alpha value is -1.53. The number of aromatic nitrogens is 2. The van der Waals surface area contributed by atoms with Crippen molar-refractivity contribution in [3.63, 3.8) is 0 Å². The third-order valence-corrected chi connectivity index (χ3v) is 1.42. The van der Waals surface area contributed by atoms with Gasteiger partial charge in [-0.2, -0.15) is 18.3 Å². The maximum atomic E-state index is 11.9. The van der Waals surface area contributed by atoms with Gasteiger partial charge in [-0.1, -0.05) is 0 Å². The molecule has 1 aromatic rings. The number of nitrogens with zero attached hydrogens (tertiary/aromatic N) is 2. The van der Waals surface area contributed by atoms with Crippen molar-refractivity contribution in [1.82, 2.24) is 10.2 Å². The molecule has 0 aliphatic rings. The van der Waals surface area contributed by atoms with Gasteiger partial charge < -0.3 is 4.90 Å². The first-order valence-electron chi connectivity index (χ1n) is 3.26. The first-order valence-corrected chi connectivity index (χ1v) is 3.26.